The second kappa shape index (κ2) is 3.85. The third kappa shape index (κ3) is 2.70. The molecule has 0 aliphatic carbocycles. The molecule has 1 aromatic heterocycles. The highest BCUT2D eigenvalue weighted by molar-refractivity contribution is 5.36. The third-order valence-electron chi connectivity index (χ3n) is 1.36. The Balaban J connectivity index is 2.57. The highest BCUT2D eigenvalue weighted by Gasteiger charge is 1.93. The smallest absolute Gasteiger partial charge is 0.149 e. The van der Waals surface area contributed by atoms with Crippen LogP contribution < -0.4 is 5.32 Å². The van der Waals surface area contributed by atoms with Crippen LogP contribution in [-0.2, 0) is 0 Å². The van der Waals surface area contributed by atoms with Gasteiger partial charge in [0.1, 0.15) is 5.82 Å². The largest absolute Gasteiger partial charge is 0.365 e. The molecule has 0 atom stereocenters. The van der Waals surface area contributed by atoms with Crippen LogP contribution in [0.4, 0.5) is 5.82 Å². The van der Waals surface area contributed by atoms with Crippen molar-refractivity contribution in [1.82, 2.24) is 10.2 Å². The average Bonchev–Trinajstić information content (AvgIpc) is 2.01. The summed E-state index contributed by atoms with van der Waals surface area (Å²) in [7, 11) is 0. The molecule has 0 aliphatic heterocycles. The van der Waals surface area contributed by atoms with Crippen LogP contribution in [0.25, 0.3) is 0 Å². The summed E-state index contributed by atoms with van der Waals surface area (Å²) in [6.45, 7) is 8.49. The van der Waals surface area contributed by atoms with Crippen molar-refractivity contribution in [2.75, 3.05) is 11.9 Å². The highest BCUT2D eigenvalue weighted by Crippen LogP contribution is 2.03. The summed E-state index contributed by atoms with van der Waals surface area (Å²) in [4.78, 5) is 0. The number of hydrogen-bond acceptors (Lipinski definition) is 3. The van der Waals surface area contributed by atoms with Crippen molar-refractivity contribution in [3.8, 4) is 0 Å². The molecule has 0 aromatic carbocycles. The van der Waals surface area contributed by atoms with E-state index in [9.17, 15) is 0 Å². The van der Waals surface area contributed by atoms with E-state index < -0.39 is 0 Å². The van der Waals surface area contributed by atoms with Gasteiger partial charge in [-0.1, -0.05) is 12.2 Å². The van der Waals surface area contributed by atoms with Gasteiger partial charge in [-0.05, 0) is 25.5 Å². The van der Waals surface area contributed by atoms with E-state index in [-0.39, 0.29) is 0 Å². The predicted octanol–water partition coefficient (Wildman–Crippen LogP) is 1.77. The summed E-state index contributed by atoms with van der Waals surface area (Å²) in [5.41, 5.74) is 2.19. The summed E-state index contributed by atoms with van der Waals surface area (Å²) < 4.78 is 0. The fraction of sp³-hybridized carbons (Fsp3) is 0.333. The quantitative estimate of drug-likeness (QED) is 0.690. The Morgan fingerprint density at radius 2 is 2.42 bits per heavy atom. The Kier molecular flexibility index (Phi) is 2.80. The first-order valence-electron chi connectivity index (χ1n) is 3.86. The van der Waals surface area contributed by atoms with E-state index in [1.165, 1.54) is 0 Å². The fourth-order valence-electron chi connectivity index (χ4n) is 0.792. The van der Waals surface area contributed by atoms with E-state index >= 15 is 0 Å². The van der Waals surface area contributed by atoms with Crippen LogP contribution in [0.1, 0.15) is 12.5 Å². The monoisotopic (exact) mass is 163 g/mol. The maximum atomic E-state index is 3.91. The molecule has 0 fully saturated rings. The van der Waals surface area contributed by atoms with Crippen molar-refractivity contribution >= 4 is 5.82 Å². The molecule has 1 aromatic rings. The van der Waals surface area contributed by atoms with E-state index in [0.717, 1.165) is 23.5 Å². The van der Waals surface area contributed by atoms with E-state index in [1.54, 1.807) is 6.20 Å². The van der Waals surface area contributed by atoms with Gasteiger partial charge in [0, 0.05) is 6.54 Å². The number of rotatable bonds is 3. The van der Waals surface area contributed by atoms with E-state index in [1.807, 2.05) is 19.9 Å². The van der Waals surface area contributed by atoms with Gasteiger partial charge in [0.25, 0.3) is 0 Å². The predicted molar refractivity (Wildman–Crippen MR) is 50.1 cm³/mol. The van der Waals surface area contributed by atoms with E-state index in [4.69, 9.17) is 0 Å². The zero-order valence-electron chi connectivity index (χ0n) is 7.46. The Bertz CT molecular complexity index is 281. The summed E-state index contributed by atoms with van der Waals surface area (Å²) in [6, 6.07) is 1.95. The van der Waals surface area contributed by atoms with Crippen molar-refractivity contribution in [3.63, 3.8) is 0 Å². The molecule has 1 N–H and O–H groups in total. The highest BCUT2D eigenvalue weighted by atomic mass is 15.2. The lowest BCUT2D eigenvalue weighted by Crippen LogP contribution is -2.04. The lowest BCUT2D eigenvalue weighted by molar-refractivity contribution is 1.00. The minimum atomic E-state index is 0.748. The molecule has 12 heavy (non-hydrogen) atoms. The maximum absolute atomic E-state index is 3.91. The van der Waals surface area contributed by atoms with Crippen molar-refractivity contribution in [1.29, 1.82) is 0 Å². The van der Waals surface area contributed by atoms with Gasteiger partial charge in [-0.15, -0.1) is 5.10 Å². The van der Waals surface area contributed by atoms with Crippen molar-refractivity contribution in [2.45, 2.75) is 13.8 Å². The number of anilines is 1. The molecular formula is C9H13N3. The van der Waals surface area contributed by atoms with Gasteiger partial charge in [-0.2, -0.15) is 5.10 Å². The van der Waals surface area contributed by atoms with Gasteiger partial charge in [0.05, 0.1) is 6.20 Å². The first-order chi connectivity index (χ1) is 5.68. The summed E-state index contributed by atoms with van der Waals surface area (Å²) in [5.74, 6) is 0.804. The Morgan fingerprint density at radius 1 is 1.67 bits per heavy atom. The Hall–Kier alpha value is -1.38. The molecule has 0 aliphatic rings. The molecule has 64 valence electrons. The van der Waals surface area contributed by atoms with E-state index in [0.29, 0.717) is 0 Å². The molecule has 1 rings (SSSR count). The summed E-state index contributed by atoms with van der Waals surface area (Å²) in [6.07, 6.45) is 1.73. The number of aryl methyl sites for hydroxylation is 1. The number of nitrogens with zero attached hydrogens (tertiary/aromatic N) is 2. The van der Waals surface area contributed by atoms with Crippen LogP contribution in [0.5, 0.6) is 0 Å². The van der Waals surface area contributed by atoms with E-state index in [2.05, 4.69) is 22.1 Å². The van der Waals surface area contributed by atoms with Gasteiger partial charge < -0.3 is 5.32 Å². The molecule has 1 heterocycles. The van der Waals surface area contributed by atoms with Crippen LogP contribution in [0.15, 0.2) is 24.4 Å². The minimum Gasteiger partial charge on any atom is -0.365 e. The third-order valence-corrected chi connectivity index (χ3v) is 1.36. The lowest BCUT2D eigenvalue weighted by Gasteiger charge is -2.03. The van der Waals surface area contributed by atoms with Crippen LogP contribution in [0.2, 0.25) is 0 Å². The molecule has 0 saturated heterocycles. The van der Waals surface area contributed by atoms with Crippen LogP contribution in [0.3, 0.4) is 0 Å². The molecule has 0 spiro atoms. The van der Waals surface area contributed by atoms with Crippen molar-refractivity contribution in [2.24, 2.45) is 0 Å². The number of nitrogens with one attached hydrogen (secondary N) is 1. The Morgan fingerprint density at radius 3 is 3.00 bits per heavy atom. The molecule has 0 saturated carbocycles. The molecule has 0 radical (unpaired) electrons. The second-order valence-corrected chi connectivity index (χ2v) is 2.93. The first kappa shape index (κ1) is 8.71. The minimum absolute atomic E-state index is 0.748. The summed E-state index contributed by atoms with van der Waals surface area (Å²) >= 11 is 0. The molecule has 0 bridgehead atoms. The summed E-state index contributed by atoms with van der Waals surface area (Å²) in [5, 5.41) is 10.8. The number of hydrogen-bond donors (Lipinski definition) is 1. The molecule has 3 heteroatoms. The molecular weight excluding hydrogens is 150 g/mol. The second-order valence-electron chi connectivity index (χ2n) is 2.93. The molecule has 3 nitrogen and oxygen atoms in total. The van der Waals surface area contributed by atoms with Gasteiger partial charge >= 0.3 is 0 Å². The van der Waals surface area contributed by atoms with Crippen LogP contribution in [-0.4, -0.2) is 16.7 Å². The molecule has 0 amide bonds. The van der Waals surface area contributed by atoms with Crippen LogP contribution in [0, 0.1) is 6.92 Å². The zero-order chi connectivity index (χ0) is 8.97. The van der Waals surface area contributed by atoms with Crippen molar-refractivity contribution < 1.29 is 0 Å². The topological polar surface area (TPSA) is 37.8 Å². The number of aromatic nitrogens is 2. The Labute approximate surface area is 72.5 Å². The maximum Gasteiger partial charge on any atom is 0.149 e. The van der Waals surface area contributed by atoms with Gasteiger partial charge in [-0.3, -0.25) is 0 Å². The van der Waals surface area contributed by atoms with Crippen LogP contribution >= 0.6 is 0 Å². The van der Waals surface area contributed by atoms with Gasteiger partial charge in [0.15, 0.2) is 0 Å². The lowest BCUT2D eigenvalue weighted by atomic mass is 10.3. The standard InChI is InChI=1S/C9H13N3/c1-7(2)5-10-9-4-8(3)6-11-12-9/h4,6H,1,5H2,2-3H3,(H,10,12). The molecule has 0 unspecified atom stereocenters. The fourth-order valence-corrected chi connectivity index (χ4v) is 0.792. The normalized spacial score (nSPS) is 9.50. The van der Waals surface area contributed by atoms with Crippen molar-refractivity contribution in [3.05, 3.63) is 30.0 Å². The zero-order valence-corrected chi connectivity index (χ0v) is 7.46. The SMILES string of the molecule is C=C(C)CNc1cc(C)cnn1. The average molecular weight is 163 g/mol. The first-order valence-corrected chi connectivity index (χ1v) is 3.86. The van der Waals surface area contributed by atoms with Gasteiger partial charge in [0.2, 0.25) is 0 Å². The van der Waals surface area contributed by atoms with Gasteiger partial charge in [-0.25, -0.2) is 0 Å².